The summed E-state index contributed by atoms with van der Waals surface area (Å²) in [6.45, 7) is 8.29. The molecule has 3 unspecified atom stereocenters. The van der Waals surface area contributed by atoms with E-state index >= 15 is 0 Å². The lowest BCUT2D eigenvalue weighted by atomic mass is 9.89. The second kappa shape index (κ2) is 2.46. The molecule has 0 aromatic carbocycles. The first-order chi connectivity index (χ1) is 5.55. The van der Waals surface area contributed by atoms with Crippen LogP contribution < -0.4 is 5.32 Å². The van der Waals surface area contributed by atoms with Crippen LogP contribution in [-0.2, 0) is 0 Å². The average Bonchev–Trinajstić information content (AvgIpc) is 2.54. The van der Waals surface area contributed by atoms with Crippen molar-refractivity contribution in [1.29, 1.82) is 0 Å². The maximum absolute atomic E-state index is 3.63. The molecule has 0 radical (unpaired) electrons. The lowest BCUT2D eigenvalue weighted by Gasteiger charge is -2.34. The quantitative estimate of drug-likeness (QED) is 0.582. The molecule has 1 N–H and O–H groups in total. The Hall–Kier alpha value is -0.0800. The molecule has 70 valence electrons. The second-order valence-corrected chi connectivity index (χ2v) is 4.89. The zero-order chi connectivity index (χ0) is 8.93. The molecule has 2 aliphatic heterocycles. The van der Waals surface area contributed by atoms with Gasteiger partial charge in [-0.25, -0.2) is 0 Å². The normalized spacial score (nSPS) is 46.5. The van der Waals surface area contributed by atoms with Gasteiger partial charge in [0.25, 0.3) is 0 Å². The van der Waals surface area contributed by atoms with Gasteiger partial charge < -0.3 is 5.32 Å². The van der Waals surface area contributed by atoms with Crippen LogP contribution in [0.15, 0.2) is 0 Å². The Balaban J connectivity index is 2.27. The number of nitrogens with one attached hydrogen (secondary N) is 1. The molecule has 2 rings (SSSR count). The summed E-state index contributed by atoms with van der Waals surface area (Å²) in [6.07, 6.45) is 1.36. The van der Waals surface area contributed by atoms with E-state index in [1.807, 2.05) is 0 Å². The molecule has 0 saturated carbocycles. The molecular weight excluding hydrogens is 148 g/mol. The Morgan fingerprint density at radius 2 is 2.08 bits per heavy atom. The molecule has 2 nitrogen and oxygen atoms in total. The summed E-state index contributed by atoms with van der Waals surface area (Å²) in [6, 6.07) is 1.47. The largest absolute Gasteiger partial charge is 0.312 e. The average molecular weight is 168 g/mol. The van der Waals surface area contributed by atoms with Crippen LogP contribution >= 0.6 is 0 Å². The van der Waals surface area contributed by atoms with Crippen molar-refractivity contribution in [2.45, 2.75) is 44.8 Å². The lowest BCUT2D eigenvalue weighted by Crippen LogP contribution is -2.49. The minimum atomic E-state index is 0.348. The fourth-order valence-electron chi connectivity index (χ4n) is 3.05. The smallest absolute Gasteiger partial charge is 0.0309 e. The van der Waals surface area contributed by atoms with Crippen LogP contribution in [0.3, 0.4) is 0 Å². The van der Waals surface area contributed by atoms with Crippen molar-refractivity contribution in [3.05, 3.63) is 0 Å². The predicted octanol–water partition coefficient (Wildman–Crippen LogP) is 1.08. The van der Waals surface area contributed by atoms with Crippen molar-refractivity contribution in [2.75, 3.05) is 13.6 Å². The van der Waals surface area contributed by atoms with Crippen LogP contribution in [-0.4, -0.2) is 36.1 Å². The van der Waals surface area contributed by atoms with Crippen LogP contribution in [0.1, 0.15) is 27.2 Å². The zero-order valence-electron chi connectivity index (χ0n) is 8.59. The van der Waals surface area contributed by atoms with Crippen molar-refractivity contribution < 1.29 is 0 Å². The van der Waals surface area contributed by atoms with E-state index in [2.05, 4.69) is 38.0 Å². The van der Waals surface area contributed by atoms with Crippen LogP contribution in [0.4, 0.5) is 0 Å². The molecule has 0 amide bonds. The van der Waals surface area contributed by atoms with Gasteiger partial charge in [-0.1, -0.05) is 0 Å². The predicted molar refractivity (Wildman–Crippen MR) is 51.2 cm³/mol. The highest BCUT2D eigenvalue weighted by atomic mass is 15.3. The van der Waals surface area contributed by atoms with Gasteiger partial charge >= 0.3 is 0 Å². The molecule has 0 bridgehead atoms. The minimum absolute atomic E-state index is 0.348. The Morgan fingerprint density at radius 1 is 1.42 bits per heavy atom. The molecule has 2 heterocycles. The van der Waals surface area contributed by atoms with Crippen LogP contribution in [0, 0.1) is 5.92 Å². The highest BCUT2D eigenvalue weighted by Crippen LogP contribution is 2.40. The number of likely N-dealkylation sites (N-methyl/N-ethyl adjacent to an activating group) is 1. The first-order valence-electron chi connectivity index (χ1n) is 5.01. The van der Waals surface area contributed by atoms with E-state index in [9.17, 15) is 0 Å². The molecule has 2 fully saturated rings. The number of likely N-dealkylation sites (tertiary alicyclic amines) is 1. The Labute approximate surface area is 75.3 Å². The zero-order valence-corrected chi connectivity index (χ0v) is 8.59. The van der Waals surface area contributed by atoms with E-state index in [1.54, 1.807) is 0 Å². The molecule has 0 aliphatic carbocycles. The van der Waals surface area contributed by atoms with E-state index < -0.39 is 0 Å². The van der Waals surface area contributed by atoms with Crippen LogP contribution in [0.5, 0.6) is 0 Å². The van der Waals surface area contributed by atoms with E-state index in [0.29, 0.717) is 5.54 Å². The fourth-order valence-corrected chi connectivity index (χ4v) is 3.05. The van der Waals surface area contributed by atoms with Crippen molar-refractivity contribution in [2.24, 2.45) is 5.92 Å². The summed E-state index contributed by atoms with van der Waals surface area (Å²) in [5, 5.41) is 3.63. The van der Waals surface area contributed by atoms with E-state index in [4.69, 9.17) is 0 Å². The molecule has 2 heteroatoms. The van der Waals surface area contributed by atoms with Gasteiger partial charge in [-0.05, 0) is 46.7 Å². The fraction of sp³-hybridized carbons (Fsp3) is 1.00. The van der Waals surface area contributed by atoms with Gasteiger partial charge in [-0.15, -0.1) is 0 Å². The summed E-state index contributed by atoms with van der Waals surface area (Å²) in [7, 11) is 2.25. The summed E-state index contributed by atoms with van der Waals surface area (Å²) in [5.41, 5.74) is 0.348. The number of hydrogen-bond donors (Lipinski definition) is 1. The van der Waals surface area contributed by atoms with Gasteiger partial charge in [0, 0.05) is 17.6 Å². The van der Waals surface area contributed by atoms with E-state index in [0.717, 1.165) is 18.0 Å². The molecule has 0 aromatic heterocycles. The van der Waals surface area contributed by atoms with Crippen LogP contribution in [0.25, 0.3) is 0 Å². The van der Waals surface area contributed by atoms with E-state index in [1.165, 1.54) is 13.0 Å². The Kier molecular flexibility index (Phi) is 1.74. The summed E-state index contributed by atoms with van der Waals surface area (Å²) in [4.78, 5) is 2.52. The summed E-state index contributed by atoms with van der Waals surface area (Å²) in [5.74, 6) is 0.880. The highest BCUT2D eigenvalue weighted by Gasteiger charge is 2.51. The molecular formula is C10H20N2. The van der Waals surface area contributed by atoms with Crippen molar-refractivity contribution in [3.8, 4) is 0 Å². The second-order valence-electron chi connectivity index (χ2n) is 4.89. The first-order valence-corrected chi connectivity index (χ1v) is 5.01. The highest BCUT2D eigenvalue weighted by molar-refractivity contribution is 5.09. The molecule has 2 aliphatic rings. The summed E-state index contributed by atoms with van der Waals surface area (Å²) >= 11 is 0. The maximum atomic E-state index is 3.63. The first kappa shape index (κ1) is 8.52. The third-order valence-electron chi connectivity index (χ3n) is 4.17. The third-order valence-corrected chi connectivity index (χ3v) is 4.17. The SMILES string of the molecule is CC1C2CCNC2C(C)(C)N1C. The van der Waals surface area contributed by atoms with Crippen LogP contribution in [0.2, 0.25) is 0 Å². The molecule has 0 spiro atoms. The van der Waals surface area contributed by atoms with Gasteiger partial charge in [-0.2, -0.15) is 0 Å². The third kappa shape index (κ3) is 0.882. The molecule has 12 heavy (non-hydrogen) atoms. The number of fused-ring (bicyclic) bond motifs is 1. The maximum Gasteiger partial charge on any atom is 0.0309 e. The number of nitrogens with zero attached hydrogens (tertiary/aromatic N) is 1. The molecule has 2 saturated heterocycles. The number of hydrogen-bond acceptors (Lipinski definition) is 2. The van der Waals surface area contributed by atoms with Crippen molar-refractivity contribution in [1.82, 2.24) is 10.2 Å². The van der Waals surface area contributed by atoms with Crippen molar-refractivity contribution >= 4 is 0 Å². The molecule has 3 atom stereocenters. The topological polar surface area (TPSA) is 15.3 Å². The lowest BCUT2D eigenvalue weighted by molar-refractivity contribution is 0.154. The Morgan fingerprint density at radius 3 is 2.67 bits per heavy atom. The number of rotatable bonds is 0. The summed E-state index contributed by atoms with van der Waals surface area (Å²) < 4.78 is 0. The standard InChI is InChI=1S/C10H20N2/c1-7-8-5-6-11-9(8)10(2,3)12(7)4/h7-9,11H,5-6H2,1-4H3. The van der Waals surface area contributed by atoms with Gasteiger partial charge in [0.1, 0.15) is 0 Å². The van der Waals surface area contributed by atoms with Crippen molar-refractivity contribution in [3.63, 3.8) is 0 Å². The van der Waals surface area contributed by atoms with Gasteiger partial charge in [0.15, 0.2) is 0 Å². The minimum Gasteiger partial charge on any atom is -0.312 e. The van der Waals surface area contributed by atoms with Gasteiger partial charge in [0.2, 0.25) is 0 Å². The van der Waals surface area contributed by atoms with Gasteiger partial charge in [0.05, 0.1) is 0 Å². The van der Waals surface area contributed by atoms with E-state index in [-0.39, 0.29) is 0 Å². The van der Waals surface area contributed by atoms with Gasteiger partial charge in [-0.3, -0.25) is 4.90 Å². The Bertz CT molecular complexity index is 188. The monoisotopic (exact) mass is 168 g/mol. The molecule has 0 aromatic rings.